The van der Waals surface area contributed by atoms with Crippen LogP contribution in [0.4, 0.5) is 0 Å². The summed E-state index contributed by atoms with van der Waals surface area (Å²) in [5.74, 6) is 0.180. The number of carbonyl (C=O) groups excluding carboxylic acids is 1. The van der Waals surface area contributed by atoms with Crippen LogP contribution < -0.4 is 5.32 Å². The highest BCUT2D eigenvalue weighted by Crippen LogP contribution is 2.24. The van der Waals surface area contributed by atoms with Gasteiger partial charge in [-0.1, -0.05) is 6.08 Å². The fraction of sp³-hybridized carbons (Fsp3) is 0.667. The summed E-state index contributed by atoms with van der Waals surface area (Å²) in [6, 6.07) is 0.517. The lowest BCUT2D eigenvalue weighted by Gasteiger charge is -2.15. The van der Waals surface area contributed by atoms with Crippen LogP contribution in [-0.2, 0) is 4.79 Å². The maximum absolute atomic E-state index is 11.3. The van der Waals surface area contributed by atoms with Crippen molar-refractivity contribution >= 4 is 5.91 Å². The summed E-state index contributed by atoms with van der Waals surface area (Å²) < 4.78 is 0. The quantitative estimate of drug-likeness (QED) is 0.475. The van der Waals surface area contributed by atoms with E-state index in [0.29, 0.717) is 19.1 Å². The number of nitrogens with one attached hydrogen (secondary N) is 1. The first-order valence-corrected chi connectivity index (χ1v) is 4.33. The minimum Gasteiger partial charge on any atom is -0.342 e. The van der Waals surface area contributed by atoms with Gasteiger partial charge in [0.1, 0.15) is 0 Å². The Morgan fingerprint density at radius 2 is 2.42 bits per heavy atom. The van der Waals surface area contributed by atoms with E-state index in [1.165, 1.54) is 12.8 Å². The highest BCUT2D eigenvalue weighted by atomic mass is 16.2. The van der Waals surface area contributed by atoms with E-state index in [4.69, 9.17) is 0 Å². The molecule has 0 aromatic carbocycles. The Morgan fingerprint density at radius 1 is 1.75 bits per heavy atom. The van der Waals surface area contributed by atoms with Crippen LogP contribution in [-0.4, -0.2) is 37.0 Å². The normalized spacial score (nSPS) is 15.8. The predicted octanol–water partition coefficient (Wildman–Crippen LogP) is 0.383. The standard InChI is InChI=1S/C9H16N2O/c1-3-6-10-7-9(12)11(2)8-4-5-8/h3,8,10H,1,4-7H2,2H3. The predicted molar refractivity (Wildman–Crippen MR) is 48.9 cm³/mol. The third-order valence-corrected chi connectivity index (χ3v) is 2.05. The molecule has 0 aromatic heterocycles. The van der Waals surface area contributed by atoms with E-state index in [9.17, 15) is 4.79 Å². The van der Waals surface area contributed by atoms with Gasteiger partial charge in [0.15, 0.2) is 0 Å². The highest BCUT2D eigenvalue weighted by Gasteiger charge is 2.28. The molecule has 0 bridgehead atoms. The van der Waals surface area contributed by atoms with E-state index in [0.717, 1.165) is 0 Å². The van der Waals surface area contributed by atoms with Crippen molar-refractivity contribution in [2.75, 3.05) is 20.1 Å². The van der Waals surface area contributed by atoms with Crippen molar-refractivity contribution in [3.8, 4) is 0 Å². The van der Waals surface area contributed by atoms with Crippen LogP contribution in [0.15, 0.2) is 12.7 Å². The molecule has 0 unspecified atom stereocenters. The van der Waals surface area contributed by atoms with Crippen LogP contribution in [0.2, 0.25) is 0 Å². The molecule has 1 amide bonds. The Kier molecular flexibility index (Phi) is 3.29. The summed E-state index contributed by atoms with van der Waals surface area (Å²) in [5.41, 5.74) is 0. The molecule has 0 heterocycles. The van der Waals surface area contributed by atoms with Gasteiger partial charge in [0.2, 0.25) is 5.91 Å². The van der Waals surface area contributed by atoms with Crippen molar-refractivity contribution in [3.63, 3.8) is 0 Å². The first-order valence-electron chi connectivity index (χ1n) is 4.33. The SMILES string of the molecule is C=CCNCC(=O)N(C)C1CC1. The first-order chi connectivity index (χ1) is 5.75. The van der Waals surface area contributed by atoms with Gasteiger partial charge in [0.25, 0.3) is 0 Å². The van der Waals surface area contributed by atoms with Crippen LogP contribution in [0.1, 0.15) is 12.8 Å². The molecule has 0 atom stereocenters. The van der Waals surface area contributed by atoms with Gasteiger partial charge < -0.3 is 10.2 Å². The number of nitrogens with zero attached hydrogens (tertiary/aromatic N) is 1. The third-order valence-electron chi connectivity index (χ3n) is 2.05. The maximum atomic E-state index is 11.3. The number of hydrogen-bond acceptors (Lipinski definition) is 2. The second kappa shape index (κ2) is 4.26. The molecule has 3 heteroatoms. The van der Waals surface area contributed by atoms with Crippen LogP contribution in [0.25, 0.3) is 0 Å². The van der Waals surface area contributed by atoms with E-state index in [1.54, 1.807) is 6.08 Å². The Morgan fingerprint density at radius 3 is 2.92 bits per heavy atom. The molecule has 0 spiro atoms. The minimum atomic E-state index is 0.180. The van der Waals surface area contributed by atoms with Crippen molar-refractivity contribution in [1.29, 1.82) is 0 Å². The molecule has 12 heavy (non-hydrogen) atoms. The molecule has 1 fully saturated rings. The maximum Gasteiger partial charge on any atom is 0.236 e. The zero-order chi connectivity index (χ0) is 8.97. The largest absolute Gasteiger partial charge is 0.342 e. The lowest BCUT2D eigenvalue weighted by Crippen LogP contribution is -2.36. The number of rotatable bonds is 5. The fourth-order valence-electron chi connectivity index (χ4n) is 1.07. The molecule has 1 N–H and O–H groups in total. The van der Waals surface area contributed by atoms with Gasteiger partial charge in [0, 0.05) is 19.6 Å². The molecule has 1 aliphatic carbocycles. The summed E-state index contributed by atoms with van der Waals surface area (Å²) in [6.45, 7) is 4.69. The molecule has 0 aliphatic heterocycles. The van der Waals surface area contributed by atoms with Crippen LogP contribution in [0.3, 0.4) is 0 Å². The topological polar surface area (TPSA) is 32.3 Å². The van der Waals surface area contributed by atoms with Crippen molar-refractivity contribution in [2.24, 2.45) is 0 Å². The molecule has 1 saturated carbocycles. The Labute approximate surface area is 73.4 Å². The molecular weight excluding hydrogens is 152 g/mol. The van der Waals surface area contributed by atoms with Crippen molar-refractivity contribution in [2.45, 2.75) is 18.9 Å². The zero-order valence-corrected chi connectivity index (χ0v) is 7.55. The first kappa shape index (κ1) is 9.26. The zero-order valence-electron chi connectivity index (χ0n) is 7.55. The van der Waals surface area contributed by atoms with E-state index >= 15 is 0 Å². The number of amides is 1. The average Bonchev–Trinajstić information content (AvgIpc) is 2.86. The van der Waals surface area contributed by atoms with Gasteiger partial charge in [-0.2, -0.15) is 0 Å². The van der Waals surface area contributed by atoms with E-state index in [2.05, 4.69) is 11.9 Å². The number of likely N-dealkylation sites (N-methyl/N-ethyl adjacent to an activating group) is 1. The molecule has 0 saturated heterocycles. The van der Waals surface area contributed by atoms with Crippen LogP contribution in [0, 0.1) is 0 Å². The van der Waals surface area contributed by atoms with E-state index in [1.807, 2.05) is 11.9 Å². The van der Waals surface area contributed by atoms with Gasteiger partial charge in [-0.05, 0) is 12.8 Å². The third kappa shape index (κ3) is 2.66. The average molecular weight is 168 g/mol. The van der Waals surface area contributed by atoms with Gasteiger partial charge in [0.05, 0.1) is 6.54 Å². The Hall–Kier alpha value is -0.830. The molecule has 3 nitrogen and oxygen atoms in total. The van der Waals surface area contributed by atoms with Gasteiger partial charge >= 0.3 is 0 Å². The molecule has 1 rings (SSSR count). The Balaban J connectivity index is 2.13. The van der Waals surface area contributed by atoms with Crippen molar-refractivity contribution in [1.82, 2.24) is 10.2 Å². The molecule has 68 valence electrons. The molecule has 0 radical (unpaired) electrons. The lowest BCUT2D eigenvalue weighted by atomic mass is 10.4. The monoisotopic (exact) mass is 168 g/mol. The van der Waals surface area contributed by atoms with Crippen LogP contribution in [0.5, 0.6) is 0 Å². The second-order valence-electron chi connectivity index (χ2n) is 3.16. The van der Waals surface area contributed by atoms with Gasteiger partial charge in [-0.15, -0.1) is 6.58 Å². The summed E-state index contributed by atoms with van der Waals surface area (Å²) in [4.78, 5) is 13.2. The summed E-state index contributed by atoms with van der Waals surface area (Å²) in [5, 5.41) is 2.99. The van der Waals surface area contributed by atoms with Gasteiger partial charge in [-0.3, -0.25) is 4.79 Å². The number of hydrogen-bond donors (Lipinski definition) is 1. The molecular formula is C9H16N2O. The smallest absolute Gasteiger partial charge is 0.236 e. The summed E-state index contributed by atoms with van der Waals surface area (Å²) >= 11 is 0. The summed E-state index contributed by atoms with van der Waals surface area (Å²) in [6.07, 6.45) is 4.10. The number of carbonyl (C=O) groups is 1. The minimum absolute atomic E-state index is 0.180. The lowest BCUT2D eigenvalue weighted by molar-refractivity contribution is -0.129. The van der Waals surface area contributed by atoms with Crippen LogP contribution >= 0.6 is 0 Å². The van der Waals surface area contributed by atoms with E-state index < -0.39 is 0 Å². The molecule has 1 aliphatic rings. The van der Waals surface area contributed by atoms with Crippen molar-refractivity contribution < 1.29 is 4.79 Å². The molecule has 0 aromatic rings. The fourth-order valence-corrected chi connectivity index (χ4v) is 1.07. The summed E-state index contributed by atoms with van der Waals surface area (Å²) in [7, 11) is 1.87. The van der Waals surface area contributed by atoms with E-state index in [-0.39, 0.29) is 5.91 Å². The van der Waals surface area contributed by atoms with Gasteiger partial charge in [-0.25, -0.2) is 0 Å². The van der Waals surface area contributed by atoms with Crippen molar-refractivity contribution in [3.05, 3.63) is 12.7 Å². The second-order valence-corrected chi connectivity index (χ2v) is 3.16. The highest BCUT2D eigenvalue weighted by molar-refractivity contribution is 5.78. The Bertz CT molecular complexity index is 175.